The lowest BCUT2D eigenvalue weighted by molar-refractivity contribution is -0.119. The third kappa shape index (κ3) is 4.52. The summed E-state index contributed by atoms with van der Waals surface area (Å²) in [5, 5.41) is 17.0. The molecule has 0 spiro atoms. The Hall–Kier alpha value is -1.01. The first kappa shape index (κ1) is 15.4. The van der Waals surface area contributed by atoms with Crippen molar-refractivity contribution in [3.05, 3.63) is 51.7 Å². The van der Waals surface area contributed by atoms with Crippen molar-refractivity contribution in [2.45, 2.75) is 11.0 Å². The van der Waals surface area contributed by atoms with Crippen molar-refractivity contribution in [3.8, 4) is 0 Å². The lowest BCUT2D eigenvalue weighted by Crippen LogP contribution is -2.29. The molecule has 1 aromatic heterocycles. The molecule has 1 unspecified atom stereocenters. The van der Waals surface area contributed by atoms with E-state index in [1.54, 1.807) is 6.07 Å². The van der Waals surface area contributed by atoms with Gasteiger partial charge in [-0.25, -0.2) is 0 Å². The summed E-state index contributed by atoms with van der Waals surface area (Å²) in [6, 6.07) is 9.25. The van der Waals surface area contributed by atoms with Gasteiger partial charge in [0.1, 0.15) is 0 Å². The van der Waals surface area contributed by atoms with E-state index in [-0.39, 0.29) is 18.2 Å². The summed E-state index contributed by atoms with van der Waals surface area (Å²) in [5.41, 5.74) is 0.828. The number of rotatable bonds is 6. The number of carbonyl (C=O) groups excluding carboxylic acids is 1. The fraction of sp³-hybridized carbons (Fsp3) is 0.214. The van der Waals surface area contributed by atoms with Crippen molar-refractivity contribution >= 4 is 40.6 Å². The molecular weight excluding hydrogens is 314 g/mol. The van der Waals surface area contributed by atoms with Gasteiger partial charge in [0, 0.05) is 11.4 Å². The lowest BCUT2D eigenvalue weighted by atomic mass is 10.2. The number of aliphatic hydroxyl groups excluding tert-OH is 1. The van der Waals surface area contributed by atoms with Gasteiger partial charge in [0.15, 0.2) is 0 Å². The average molecular weight is 328 g/mol. The van der Waals surface area contributed by atoms with Crippen LogP contribution in [0.15, 0.2) is 46.0 Å². The van der Waals surface area contributed by atoms with Crippen LogP contribution in [0.2, 0.25) is 5.02 Å². The zero-order valence-corrected chi connectivity index (χ0v) is 13.0. The minimum atomic E-state index is -0.657. The summed E-state index contributed by atoms with van der Waals surface area (Å²) in [6.45, 7) is 0.221. The fourth-order valence-electron chi connectivity index (χ4n) is 1.55. The zero-order valence-electron chi connectivity index (χ0n) is 10.6. The third-order valence-corrected chi connectivity index (χ3v) is 4.83. The molecule has 3 nitrogen and oxygen atoms in total. The predicted octanol–water partition coefficient (Wildman–Crippen LogP) is 3.34. The van der Waals surface area contributed by atoms with Gasteiger partial charge in [-0.15, -0.1) is 11.8 Å². The molecule has 0 aliphatic carbocycles. The predicted molar refractivity (Wildman–Crippen MR) is 84.5 cm³/mol. The normalized spacial score (nSPS) is 12.1. The topological polar surface area (TPSA) is 49.3 Å². The molecule has 0 radical (unpaired) electrons. The van der Waals surface area contributed by atoms with Crippen LogP contribution in [0, 0.1) is 0 Å². The molecule has 1 atom stereocenters. The van der Waals surface area contributed by atoms with Crippen molar-refractivity contribution in [2.24, 2.45) is 0 Å². The van der Waals surface area contributed by atoms with Crippen LogP contribution < -0.4 is 5.32 Å². The number of hydrogen-bond donors (Lipinski definition) is 2. The molecule has 20 heavy (non-hydrogen) atoms. The number of nitrogens with one attached hydrogen (secondary N) is 1. The zero-order chi connectivity index (χ0) is 14.4. The Balaban J connectivity index is 1.75. The smallest absolute Gasteiger partial charge is 0.230 e. The van der Waals surface area contributed by atoms with E-state index in [1.807, 2.05) is 35.0 Å². The van der Waals surface area contributed by atoms with Crippen LogP contribution >= 0.6 is 34.7 Å². The summed E-state index contributed by atoms with van der Waals surface area (Å²) >= 11 is 8.91. The van der Waals surface area contributed by atoms with Gasteiger partial charge in [0.2, 0.25) is 5.91 Å². The van der Waals surface area contributed by atoms with Gasteiger partial charge in [-0.2, -0.15) is 11.3 Å². The Kier molecular flexibility index (Phi) is 5.91. The van der Waals surface area contributed by atoms with E-state index in [0.717, 1.165) is 10.5 Å². The fourth-order valence-corrected chi connectivity index (χ4v) is 3.32. The first-order valence-corrected chi connectivity index (χ1v) is 8.31. The average Bonchev–Trinajstić information content (AvgIpc) is 2.98. The number of thiophene rings is 1. The molecule has 2 N–H and O–H groups in total. The Morgan fingerprint density at radius 2 is 2.20 bits per heavy atom. The summed E-state index contributed by atoms with van der Waals surface area (Å²) in [7, 11) is 0. The second kappa shape index (κ2) is 7.69. The summed E-state index contributed by atoms with van der Waals surface area (Å²) in [5.74, 6) is 0.157. The molecule has 2 aromatic rings. The number of halogens is 1. The molecule has 2 rings (SSSR count). The van der Waals surface area contributed by atoms with E-state index < -0.39 is 6.10 Å². The van der Waals surface area contributed by atoms with Crippen LogP contribution in [-0.4, -0.2) is 23.3 Å². The second-order valence-corrected chi connectivity index (χ2v) is 6.30. The maximum atomic E-state index is 11.7. The highest BCUT2D eigenvalue weighted by atomic mass is 35.5. The highest BCUT2D eigenvalue weighted by molar-refractivity contribution is 8.00. The first-order chi connectivity index (χ1) is 9.66. The number of aliphatic hydroxyl groups is 1. The van der Waals surface area contributed by atoms with Gasteiger partial charge in [0.25, 0.3) is 0 Å². The number of benzene rings is 1. The molecule has 1 heterocycles. The molecule has 0 aliphatic rings. The molecule has 1 amide bonds. The SMILES string of the molecule is O=C(CSc1ccccc1Cl)NCC(O)c1ccsc1. The monoisotopic (exact) mass is 327 g/mol. The first-order valence-electron chi connectivity index (χ1n) is 6.01. The largest absolute Gasteiger partial charge is 0.387 e. The van der Waals surface area contributed by atoms with Crippen molar-refractivity contribution < 1.29 is 9.90 Å². The van der Waals surface area contributed by atoms with Gasteiger partial charge in [0.05, 0.1) is 16.9 Å². The second-order valence-electron chi connectivity index (χ2n) is 4.10. The van der Waals surface area contributed by atoms with Crippen LogP contribution in [0.5, 0.6) is 0 Å². The molecule has 0 saturated carbocycles. The molecule has 106 valence electrons. The molecule has 0 aliphatic heterocycles. The highest BCUT2D eigenvalue weighted by Crippen LogP contribution is 2.26. The summed E-state index contributed by atoms with van der Waals surface area (Å²) < 4.78 is 0. The quantitative estimate of drug-likeness (QED) is 0.800. The standard InChI is InChI=1S/C14H14ClNO2S2/c15-11-3-1-2-4-13(11)20-9-14(18)16-7-12(17)10-5-6-19-8-10/h1-6,8,12,17H,7,9H2,(H,16,18). The van der Waals surface area contributed by atoms with Gasteiger partial charge in [-0.1, -0.05) is 23.7 Å². The number of amides is 1. The Morgan fingerprint density at radius 1 is 1.40 bits per heavy atom. The molecule has 0 fully saturated rings. The molecule has 6 heteroatoms. The van der Waals surface area contributed by atoms with E-state index in [2.05, 4.69) is 5.32 Å². The third-order valence-electron chi connectivity index (χ3n) is 2.62. The summed E-state index contributed by atoms with van der Waals surface area (Å²) in [6.07, 6.45) is -0.657. The number of hydrogen-bond acceptors (Lipinski definition) is 4. The van der Waals surface area contributed by atoms with Crippen molar-refractivity contribution in [2.75, 3.05) is 12.3 Å². The lowest BCUT2D eigenvalue weighted by Gasteiger charge is -2.10. The van der Waals surface area contributed by atoms with Crippen LogP contribution in [0.1, 0.15) is 11.7 Å². The Labute approximate surface area is 131 Å². The maximum Gasteiger partial charge on any atom is 0.230 e. The molecular formula is C14H14ClNO2S2. The van der Waals surface area contributed by atoms with Crippen LogP contribution in [0.25, 0.3) is 0 Å². The van der Waals surface area contributed by atoms with Crippen LogP contribution in [0.3, 0.4) is 0 Å². The van der Waals surface area contributed by atoms with E-state index in [0.29, 0.717) is 5.02 Å². The Bertz CT molecular complexity index is 560. The maximum absolute atomic E-state index is 11.7. The molecule has 0 saturated heterocycles. The van der Waals surface area contributed by atoms with Crippen LogP contribution in [0.4, 0.5) is 0 Å². The highest BCUT2D eigenvalue weighted by Gasteiger charge is 2.10. The van der Waals surface area contributed by atoms with Gasteiger partial charge >= 0.3 is 0 Å². The van der Waals surface area contributed by atoms with Crippen molar-refractivity contribution in [1.29, 1.82) is 0 Å². The molecule has 0 bridgehead atoms. The van der Waals surface area contributed by atoms with E-state index >= 15 is 0 Å². The number of thioether (sulfide) groups is 1. The van der Waals surface area contributed by atoms with Gasteiger partial charge in [-0.3, -0.25) is 4.79 Å². The van der Waals surface area contributed by atoms with E-state index in [1.165, 1.54) is 23.1 Å². The van der Waals surface area contributed by atoms with Crippen molar-refractivity contribution in [1.82, 2.24) is 5.32 Å². The minimum absolute atomic E-state index is 0.121. The van der Waals surface area contributed by atoms with Crippen LogP contribution in [-0.2, 0) is 4.79 Å². The molecule has 1 aromatic carbocycles. The van der Waals surface area contributed by atoms with Gasteiger partial charge in [-0.05, 0) is 34.5 Å². The minimum Gasteiger partial charge on any atom is -0.387 e. The van der Waals surface area contributed by atoms with Crippen molar-refractivity contribution in [3.63, 3.8) is 0 Å². The number of carbonyl (C=O) groups is 1. The summed E-state index contributed by atoms with van der Waals surface area (Å²) in [4.78, 5) is 12.6. The van der Waals surface area contributed by atoms with E-state index in [4.69, 9.17) is 11.6 Å². The Morgan fingerprint density at radius 3 is 2.90 bits per heavy atom. The van der Waals surface area contributed by atoms with Gasteiger partial charge < -0.3 is 10.4 Å². The van der Waals surface area contributed by atoms with E-state index in [9.17, 15) is 9.90 Å².